The highest BCUT2D eigenvalue weighted by molar-refractivity contribution is 5.82. The van der Waals surface area contributed by atoms with Crippen LogP contribution in [0.4, 0.5) is 10.7 Å². The van der Waals surface area contributed by atoms with Gasteiger partial charge in [-0.1, -0.05) is 0 Å². The van der Waals surface area contributed by atoms with E-state index in [1.807, 2.05) is 0 Å². The first-order chi connectivity index (χ1) is 6.69. The number of aryl methyl sites for hydroxylation is 1. The minimum absolute atomic E-state index is 0.0897. The number of rotatable bonds is 2. The van der Waals surface area contributed by atoms with Crippen molar-refractivity contribution in [1.29, 1.82) is 0 Å². The van der Waals surface area contributed by atoms with Crippen LogP contribution in [0.2, 0.25) is 0 Å². The lowest BCUT2D eigenvalue weighted by Gasteiger charge is -2.14. The van der Waals surface area contributed by atoms with E-state index < -0.39 is 6.09 Å². The van der Waals surface area contributed by atoms with E-state index in [2.05, 4.69) is 19.7 Å². The molecule has 0 spiro atoms. The van der Waals surface area contributed by atoms with Crippen LogP contribution in [0.1, 0.15) is 5.82 Å². The predicted octanol–water partition coefficient (Wildman–Crippen LogP) is 0.314. The van der Waals surface area contributed by atoms with Crippen molar-refractivity contribution in [2.45, 2.75) is 6.92 Å². The van der Waals surface area contributed by atoms with Crippen molar-refractivity contribution in [2.24, 2.45) is 0 Å². The Bertz CT molecular complexity index is 330. The second-order valence-electron chi connectivity index (χ2n) is 2.28. The van der Waals surface area contributed by atoms with Crippen LogP contribution in [0.25, 0.3) is 0 Å². The summed E-state index contributed by atoms with van der Waals surface area (Å²) in [5.41, 5.74) is 0. The number of aromatic nitrogens is 3. The van der Waals surface area contributed by atoms with Gasteiger partial charge >= 0.3 is 6.09 Å². The molecule has 7 heteroatoms. The number of nitrogens with zero attached hydrogens (tertiary/aromatic N) is 4. The molecular weight excluding hydrogens is 188 g/mol. The minimum atomic E-state index is -0.696. The van der Waals surface area contributed by atoms with Gasteiger partial charge in [0.15, 0.2) is 0 Å². The maximum Gasteiger partial charge on any atom is 0.441 e. The molecule has 0 saturated carbocycles. The van der Waals surface area contributed by atoms with Crippen molar-refractivity contribution in [3.05, 3.63) is 12.2 Å². The highest BCUT2D eigenvalue weighted by atomic mass is 16.7. The minimum Gasteiger partial charge on any atom is -0.451 e. The van der Waals surface area contributed by atoms with Gasteiger partial charge in [0.2, 0.25) is 0 Å². The lowest BCUT2D eigenvalue weighted by atomic mass is 10.7. The average Bonchev–Trinajstić information content (AvgIpc) is 2.19. The summed E-state index contributed by atoms with van der Waals surface area (Å²) in [4.78, 5) is 27.3. The Kier molecular flexibility index (Phi) is 3.29. The molecule has 0 atom stereocenters. The summed E-state index contributed by atoms with van der Waals surface area (Å²) in [6, 6.07) is 0. The summed E-state index contributed by atoms with van der Waals surface area (Å²) in [6.45, 7) is 1.68. The maximum atomic E-state index is 11.1. The van der Waals surface area contributed by atoms with Crippen molar-refractivity contribution < 1.29 is 14.4 Å². The van der Waals surface area contributed by atoms with E-state index in [4.69, 9.17) is 4.84 Å². The number of ether oxygens (including phenoxy) is 1. The second kappa shape index (κ2) is 4.47. The standard InChI is InChI=1S/C7H10N4O3/c1-5-8-4-9-6(10-5)11(14-3)7(12)13-2/h4H,1-3H3. The molecule has 0 N–H and O–H groups in total. The number of hydroxylamine groups is 1. The van der Waals surface area contributed by atoms with E-state index in [1.165, 1.54) is 20.5 Å². The van der Waals surface area contributed by atoms with Crippen LogP contribution in [-0.4, -0.2) is 35.3 Å². The van der Waals surface area contributed by atoms with Crippen molar-refractivity contribution in [2.75, 3.05) is 19.3 Å². The molecule has 1 rings (SSSR count). The molecule has 0 aromatic carbocycles. The van der Waals surface area contributed by atoms with Gasteiger partial charge in [-0.05, 0) is 6.92 Å². The second-order valence-corrected chi connectivity index (χ2v) is 2.28. The molecule has 0 radical (unpaired) electrons. The van der Waals surface area contributed by atoms with Gasteiger partial charge in [0, 0.05) is 0 Å². The van der Waals surface area contributed by atoms with E-state index in [0.29, 0.717) is 5.82 Å². The van der Waals surface area contributed by atoms with Crippen LogP contribution in [0.5, 0.6) is 0 Å². The van der Waals surface area contributed by atoms with E-state index in [0.717, 1.165) is 5.06 Å². The molecule has 7 nitrogen and oxygen atoms in total. The van der Waals surface area contributed by atoms with Gasteiger partial charge in [-0.2, -0.15) is 9.97 Å². The van der Waals surface area contributed by atoms with Crippen LogP contribution >= 0.6 is 0 Å². The Morgan fingerprint density at radius 2 is 2.14 bits per heavy atom. The van der Waals surface area contributed by atoms with Gasteiger partial charge in [0.1, 0.15) is 12.2 Å². The molecule has 1 amide bonds. The number of methoxy groups -OCH3 is 1. The quantitative estimate of drug-likeness (QED) is 0.636. The van der Waals surface area contributed by atoms with Crippen molar-refractivity contribution >= 4 is 12.0 Å². The van der Waals surface area contributed by atoms with E-state index in [9.17, 15) is 4.79 Å². The van der Waals surface area contributed by atoms with Crippen LogP contribution in [0, 0.1) is 6.92 Å². The summed E-state index contributed by atoms with van der Waals surface area (Å²) < 4.78 is 4.46. The summed E-state index contributed by atoms with van der Waals surface area (Å²) >= 11 is 0. The summed E-state index contributed by atoms with van der Waals surface area (Å²) in [7, 11) is 2.55. The van der Waals surface area contributed by atoms with Gasteiger partial charge in [-0.3, -0.25) is 4.84 Å². The number of carbonyl (C=O) groups excluding carboxylic acids is 1. The normalized spacial score (nSPS) is 9.64. The molecule has 1 heterocycles. The Hall–Kier alpha value is -1.76. The van der Waals surface area contributed by atoms with Crippen molar-refractivity contribution in [3.8, 4) is 0 Å². The summed E-state index contributed by atoms with van der Waals surface area (Å²) in [5.74, 6) is 0.577. The molecule has 76 valence electrons. The van der Waals surface area contributed by atoms with Gasteiger partial charge < -0.3 is 4.74 Å². The summed E-state index contributed by atoms with van der Waals surface area (Å²) in [5, 5.41) is 0.828. The zero-order valence-corrected chi connectivity index (χ0v) is 8.09. The predicted molar refractivity (Wildman–Crippen MR) is 46.5 cm³/mol. The van der Waals surface area contributed by atoms with Crippen molar-refractivity contribution in [1.82, 2.24) is 15.0 Å². The number of hydrogen-bond acceptors (Lipinski definition) is 6. The molecule has 1 aromatic heterocycles. The fraction of sp³-hybridized carbons (Fsp3) is 0.429. The zero-order chi connectivity index (χ0) is 10.6. The van der Waals surface area contributed by atoms with Crippen LogP contribution in [-0.2, 0) is 9.57 Å². The molecule has 14 heavy (non-hydrogen) atoms. The number of hydrogen-bond donors (Lipinski definition) is 0. The van der Waals surface area contributed by atoms with E-state index in [1.54, 1.807) is 6.92 Å². The van der Waals surface area contributed by atoms with E-state index >= 15 is 0 Å². The molecule has 0 fully saturated rings. The third-order valence-electron chi connectivity index (χ3n) is 1.38. The van der Waals surface area contributed by atoms with Crippen LogP contribution < -0.4 is 5.06 Å². The third-order valence-corrected chi connectivity index (χ3v) is 1.38. The summed E-state index contributed by atoms with van der Waals surface area (Å²) in [6.07, 6.45) is 0.588. The SMILES string of the molecule is COC(=O)N(OC)c1ncnc(C)n1. The number of anilines is 1. The third kappa shape index (κ3) is 2.13. The van der Waals surface area contributed by atoms with Gasteiger partial charge in [0.25, 0.3) is 5.95 Å². The lowest BCUT2D eigenvalue weighted by molar-refractivity contribution is 0.113. The van der Waals surface area contributed by atoms with Gasteiger partial charge in [-0.15, -0.1) is 5.06 Å². The Morgan fingerprint density at radius 1 is 1.43 bits per heavy atom. The average molecular weight is 198 g/mol. The fourth-order valence-electron chi connectivity index (χ4n) is 0.785. The monoisotopic (exact) mass is 198 g/mol. The Balaban J connectivity index is 2.94. The molecule has 0 bridgehead atoms. The fourth-order valence-corrected chi connectivity index (χ4v) is 0.785. The Morgan fingerprint density at radius 3 is 2.64 bits per heavy atom. The molecular formula is C7H10N4O3. The van der Waals surface area contributed by atoms with E-state index in [-0.39, 0.29) is 5.95 Å². The van der Waals surface area contributed by atoms with Gasteiger partial charge in [0.05, 0.1) is 14.2 Å². The first-order valence-electron chi connectivity index (χ1n) is 3.77. The molecule has 0 aliphatic heterocycles. The zero-order valence-electron chi connectivity index (χ0n) is 8.09. The molecule has 0 unspecified atom stereocenters. The largest absolute Gasteiger partial charge is 0.451 e. The highest BCUT2D eigenvalue weighted by Gasteiger charge is 2.18. The number of amides is 1. The molecule has 0 aliphatic carbocycles. The topological polar surface area (TPSA) is 77.4 Å². The first kappa shape index (κ1) is 10.3. The van der Waals surface area contributed by atoms with Crippen LogP contribution in [0.15, 0.2) is 6.33 Å². The molecule has 0 saturated heterocycles. The highest BCUT2D eigenvalue weighted by Crippen LogP contribution is 2.06. The van der Waals surface area contributed by atoms with Gasteiger partial charge in [-0.25, -0.2) is 9.78 Å². The molecule has 1 aromatic rings. The molecule has 0 aliphatic rings. The first-order valence-corrected chi connectivity index (χ1v) is 3.77. The Labute approximate surface area is 80.7 Å². The smallest absolute Gasteiger partial charge is 0.441 e. The van der Waals surface area contributed by atoms with Crippen LogP contribution in [0.3, 0.4) is 0 Å². The number of carbonyl (C=O) groups is 1. The van der Waals surface area contributed by atoms with Crippen molar-refractivity contribution in [3.63, 3.8) is 0 Å². The lowest BCUT2D eigenvalue weighted by Crippen LogP contribution is -2.31. The maximum absolute atomic E-state index is 11.1.